The average Bonchev–Trinajstić information content (AvgIpc) is 2.92. The second-order valence-electron chi connectivity index (χ2n) is 5.82. The predicted octanol–water partition coefficient (Wildman–Crippen LogP) is 4.51. The lowest BCUT2D eigenvalue weighted by Crippen LogP contribution is -2.00. The number of benzene rings is 2. The van der Waals surface area contributed by atoms with E-state index >= 15 is 0 Å². The summed E-state index contributed by atoms with van der Waals surface area (Å²) in [4.78, 5) is 0. The van der Waals surface area contributed by atoms with Crippen molar-refractivity contribution in [2.75, 3.05) is 7.11 Å². The molecule has 0 radical (unpaired) electrons. The Morgan fingerprint density at radius 3 is 2.42 bits per heavy atom. The molecule has 1 heterocycles. The maximum atomic E-state index is 10.8. The van der Waals surface area contributed by atoms with E-state index in [0.717, 1.165) is 46.8 Å². The normalized spacial score (nSPS) is 10.8. The van der Waals surface area contributed by atoms with E-state index < -0.39 is 0 Å². The van der Waals surface area contributed by atoms with Gasteiger partial charge in [0.15, 0.2) is 5.75 Å². The van der Waals surface area contributed by atoms with Crippen molar-refractivity contribution in [2.24, 2.45) is 0 Å². The van der Waals surface area contributed by atoms with Crippen LogP contribution in [-0.2, 0) is 6.42 Å². The number of rotatable bonds is 5. The van der Waals surface area contributed by atoms with Crippen LogP contribution in [0, 0.1) is 6.92 Å². The Labute approximate surface area is 142 Å². The highest BCUT2D eigenvalue weighted by Gasteiger charge is 2.20. The van der Waals surface area contributed by atoms with Crippen LogP contribution in [0.2, 0.25) is 0 Å². The third kappa shape index (κ3) is 2.87. The Hall–Kier alpha value is -2.75. The minimum Gasteiger partial charge on any atom is -0.504 e. The van der Waals surface area contributed by atoms with Gasteiger partial charge >= 0.3 is 0 Å². The lowest BCUT2D eigenvalue weighted by atomic mass is 10.0. The summed E-state index contributed by atoms with van der Waals surface area (Å²) in [5.41, 5.74) is 4.45. The summed E-state index contributed by atoms with van der Waals surface area (Å²) in [6.45, 7) is 4.12. The first-order chi connectivity index (χ1) is 11.7. The molecule has 0 bridgehead atoms. The molecule has 0 aliphatic heterocycles. The van der Waals surface area contributed by atoms with Gasteiger partial charge in [-0.05, 0) is 43.2 Å². The van der Waals surface area contributed by atoms with Crippen molar-refractivity contribution in [3.05, 3.63) is 59.8 Å². The fraction of sp³-hybridized carbons (Fsp3) is 0.250. The number of nitrogens with zero attached hydrogens (tertiary/aromatic N) is 2. The van der Waals surface area contributed by atoms with E-state index in [4.69, 9.17) is 4.74 Å². The molecular formula is C20H22N2O2. The standard InChI is InChI=1S/C20H22N2O2/c1-4-7-18-20(23)19(17-9-6-5-8-14(17)2)22(21-18)15-10-12-16(24-3)13-11-15/h5-6,8-13,23H,4,7H2,1-3H3. The maximum Gasteiger partial charge on any atom is 0.165 e. The monoisotopic (exact) mass is 322 g/mol. The van der Waals surface area contributed by atoms with Crippen LogP contribution in [0.4, 0.5) is 0 Å². The number of aromatic nitrogens is 2. The molecule has 0 atom stereocenters. The van der Waals surface area contributed by atoms with Crippen LogP contribution in [-0.4, -0.2) is 22.0 Å². The first-order valence-corrected chi connectivity index (χ1v) is 8.17. The van der Waals surface area contributed by atoms with E-state index in [-0.39, 0.29) is 5.75 Å². The Morgan fingerprint density at radius 2 is 1.79 bits per heavy atom. The van der Waals surface area contributed by atoms with Gasteiger partial charge in [-0.2, -0.15) is 5.10 Å². The molecule has 3 rings (SSSR count). The summed E-state index contributed by atoms with van der Waals surface area (Å²) in [6, 6.07) is 15.7. The Kier molecular flexibility index (Phi) is 4.56. The summed E-state index contributed by atoms with van der Waals surface area (Å²) in [6.07, 6.45) is 1.67. The average molecular weight is 322 g/mol. The molecule has 0 spiro atoms. The van der Waals surface area contributed by atoms with Crippen LogP contribution in [0.3, 0.4) is 0 Å². The van der Waals surface area contributed by atoms with Crippen molar-refractivity contribution in [3.8, 4) is 28.4 Å². The van der Waals surface area contributed by atoms with Gasteiger partial charge in [0.1, 0.15) is 17.1 Å². The molecule has 1 aromatic heterocycles. The van der Waals surface area contributed by atoms with Crippen LogP contribution >= 0.6 is 0 Å². The van der Waals surface area contributed by atoms with Gasteiger partial charge in [0.25, 0.3) is 0 Å². The summed E-state index contributed by atoms with van der Waals surface area (Å²) < 4.78 is 7.05. The van der Waals surface area contributed by atoms with E-state index in [1.807, 2.05) is 60.1 Å². The molecular weight excluding hydrogens is 300 g/mol. The number of hydrogen-bond acceptors (Lipinski definition) is 3. The SMILES string of the molecule is CCCc1nn(-c2ccc(OC)cc2)c(-c2ccccc2C)c1O. The van der Waals surface area contributed by atoms with Crippen LogP contribution in [0.25, 0.3) is 16.9 Å². The third-order valence-electron chi connectivity index (χ3n) is 4.13. The molecule has 24 heavy (non-hydrogen) atoms. The molecule has 124 valence electrons. The number of ether oxygens (including phenoxy) is 1. The van der Waals surface area contributed by atoms with Crippen LogP contribution in [0.5, 0.6) is 11.5 Å². The summed E-state index contributed by atoms with van der Waals surface area (Å²) in [5, 5.41) is 15.4. The molecule has 0 saturated carbocycles. The molecule has 0 aliphatic carbocycles. The predicted molar refractivity (Wildman–Crippen MR) is 95.9 cm³/mol. The fourth-order valence-electron chi connectivity index (χ4n) is 2.85. The van der Waals surface area contributed by atoms with Gasteiger partial charge in [-0.15, -0.1) is 0 Å². The topological polar surface area (TPSA) is 47.3 Å². The highest BCUT2D eigenvalue weighted by molar-refractivity contribution is 5.72. The van der Waals surface area contributed by atoms with Crippen LogP contribution < -0.4 is 4.74 Å². The number of hydrogen-bond donors (Lipinski definition) is 1. The summed E-state index contributed by atoms with van der Waals surface area (Å²) >= 11 is 0. The quantitative estimate of drug-likeness (QED) is 0.751. The van der Waals surface area contributed by atoms with E-state index in [1.54, 1.807) is 7.11 Å². The van der Waals surface area contributed by atoms with Crippen molar-refractivity contribution < 1.29 is 9.84 Å². The molecule has 0 fully saturated rings. The van der Waals surface area contributed by atoms with Gasteiger partial charge in [-0.25, -0.2) is 4.68 Å². The van der Waals surface area contributed by atoms with Gasteiger partial charge in [0, 0.05) is 5.56 Å². The number of aryl methyl sites for hydroxylation is 2. The molecule has 4 heteroatoms. The first kappa shape index (κ1) is 16.1. The second kappa shape index (κ2) is 6.79. The molecule has 1 N–H and O–H groups in total. The molecule has 0 unspecified atom stereocenters. The van der Waals surface area contributed by atoms with E-state index in [2.05, 4.69) is 12.0 Å². The molecule has 0 amide bonds. The second-order valence-corrected chi connectivity index (χ2v) is 5.82. The van der Waals surface area contributed by atoms with Crippen molar-refractivity contribution in [1.82, 2.24) is 9.78 Å². The zero-order chi connectivity index (χ0) is 17.1. The van der Waals surface area contributed by atoms with E-state index in [0.29, 0.717) is 0 Å². The lowest BCUT2D eigenvalue weighted by Gasteiger charge is -2.10. The highest BCUT2D eigenvalue weighted by atomic mass is 16.5. The van der Waals surface area contributed by atoms with Gasteiger partial charge in [0.05, 0.1) is 12.8 Å². The van der Waals surface area contributed by atoms with Gasteiger partial charge in [0.2, 0.25) is 0 Å². The molecule has 0 saturated heterocycles. The highest BCUT2D eigenvalue weighted by Crippen LogP contribution is 2.36. The van der Waals surface area contributed by atoms with Crippen LogP contribution in [0.1, 0.15) is 24.6 Å². The van der Waals surface area contributed by atoms with Crippen molar-refractivity contribution in [1.29, 1.82) is 0 Å². The molecule has 2 aromatic carbocycles. The minimum absolute atomic E-state index is 0.266. The summed E-state index contributed by atoms with van der Waals surface area (Å²) in [5.74, 6) is 1.06. The zero-order valence-corrected chi connectivity index (χ0v) is 14.3. The lowest BCUT2D eigenvalue weighted by molar-refractivity contribution is 0.414. The van der Waals surface area contributed by atoms with Gasteiger partial charge in [-0.3, -0.25) is 0 Å². The third-order valence-corrected chi connectivity index (χ3v) is 4.13. The van der Waals surface area contributed by atoms with Crippen LogP contribution in [0.15, 0.2) is 48.5 Å². The van der Waals surface area contributed by atoms with Crippen molar-refractivity contribution >= 4 is 0 Å². The number of aromatic hydroxyl groups is 1. The fourth-order valence-corrected chi connectivity index (χ4v) is 2.85. The van der Waals surface area contributed by atoms with Crippen molar-refractivity contribution in [2.45, 2.75) is 26.7 Å². The Bertz CT molecular complexity index is 835. The summed E-state index contributed by atoms with van der Waals surface area (Å²) in [7, 11) is 1.65. The first-order valence-electron chi connectivity index (χ1n) is 8.17. The smallest absolute Gasteiger partial charge is 0.165 e. The van der Waals surface area contributed by atoms with E-state index in [9.17, 15) is 5.11 Å². The van der Waals surface area contributed by atoms with Gasteiger partial charge in [-0.1, -0.05) is 37.6 Å². The Morgan fingerprint density at radius 1 is 1.08 bits per heavy atom. The zero-order valence-electron chi connectivity index (χ0n) is 14.3. The minimum atomic E-state index is 0.266. The van der Waals surface area contributed by atoms with E-state index in [1.165, 1.54) is 0 Å². The van der Waals surface area contributed by atoms with Crippen molar-refractivity contribution in [3.63, 3.8) is 0 Å². The molecule has 0 aliphatic rings. The molecule has 4 nitrogen and oxygen atoms in total. The largest absolute Gasteiger partial charge is 0.504 e. The molecule has 3 aromatic rings. The van der Waals surface area contributed by atoms with Gasteiger partial charge < -0.3 is 9.84 Å². The maximum absolute atomic E-state index is 10.8. The number of methoxy groups -OCH3 is 1. The Balaban J connectivity index is 2.20.